The maximum absolute atomic E-state index is 3.84. The van der Waals surface area contributed by atoms with E-state index in [9.17, 15) is 0 Å². The van der Waals surface area contributed by atoms with Crippen LogP contribution in [0.3, 0.4) is 0 Å². The standard InChI is InChI=1S/C15H22/c1-11(2)7-10-14-12(3)8-9-13(4)15(14,5)6/h8,13-14H,1,9H2,2-6H3. The van der Waals surface area contributed by atoms with Crippen molar-refractivity contribution < 1.29 is 0 Å². The molecule has 0 fully saturated rings. The lowest BCUT2D eigenvalue weighted by Gasteiger charge is -2.40. The zero-order valence-electron chi connectivity index (χ0n) is 10.6. The summed E-state index contributed by atoms with van der Waals surface area (Å²) in [6.45, 7) is 15.0. The van der Waals surface area contributed by atoms with E-state index < -0.39 is 0 Å². The largest absolute Gasteiger partial charge is 0.0898 e. The molecule has 2 atom stereocenters. The summed E-state index contributed by atoms with van der Waals surface area (Å²) < 4.78 is 0. The molecule has 0 bridgehead atoms. The van der Waals surface area contributed by atoms with Crippen LogP contribution in [0.2, 0.25) is 0 Å². The first-order valence-electron chi connectivity index (χ1n) is 5.69. The van der Waals surface area contributed by atoms with Crippen molar-refractivity contribution in [1.29, 1.82) is 0 Å². The molecule has 1 aliphatic rings. The van der Waals surface area contributed by atoms with Gasteiger partial charge in [-0.25, -0.2) is 0 Å². The van der Waals surface area contributed by atoms with Crippen LogP contribution in [0.5, 0.6) is 0 Å². The summed E-state index contributed by atoms with van der Waals surface area (Å²) in [5.41, 5.74) is 2.66. The average Bonchev–Trinajstić information content (AvgIpc) is 2.11. The van der Waals surface area contributed by atoms with Gasteiger partial charge >= 0.3 is 0 Å². The fourth-order valence-electron chi connectivity index (χ4n) is 2.15. The highest BCUT2D eigenvalue weighted by atomic mass is 14.4. The van der Waals surface area contributed by atoms with Crippen molar-refractivity contribution in [3.63, 3.8) is 0 Å². The highest BCUT2D eigenvalue weighted by molar-refractivity contribution is 5.31. The fourth-order valence-corrected chi connectivity index (χ4v) is 2.15. The van der Waals surface area contributed by atoms with Crippen molar-refractivity contribution in [3.05, 3.63) is 23.8 Å². The Kier molecular flexibility index (Phi) is 3.45. The fraction of sp³-hybridized carbons (Fsp3) is 0.600. The van der Waals surface area contributed by atoms with Crippen molar-refractivity contribution in [2.24, 2.45) is 17.3 Å². The van der Waals surface area contributed by atoms with Crippen LogP contribution in [0.25, 0.3) is 0 Å². The van der Waals surface area contributed by atoms with E-state index in [1.165, 1.54) is 12.0 Å². The maximum atomic E-state index is 3.84. The second-order valence-electron chi connectivity index (χ2n) is 5.39. The zero-order valence-corrected chi connectivity index (χ0v) is 10.6. The SMILES string of the molecule is C=C(C)C#CC1C(C)=CCC(C)C1(C)C. The van der Waals surface area contributed by atoms with Gasteiger partial charge in [0.1, 0.15) is 0 Å². The predicted octanol–water partition coefficient (Wildman–Crippen LogP) is 4.19. The van der Waals surface area contributed by atoms with E-state index in [-0.39, 0.29) is 5.41 Å². The molecular weight excluding hydrogens is 180 g/mol. The zero-order chi connectivity index (χ0) is 11.6. The van der Waals surface area contributed by atoms with Gasteiger partial charge in [-0.15, -0.1) is 0 Å². The third kappa shape index (κ3) is 2.53. The van der Waals surface area contributed by atoms with E-state index in [1.807, 2.05) is 6.92 Å². The minimum Gasteiger partial charge on any atom is -0.0898 e. The number of allylic oxidation sites excluding steroid dienone is 3. The van der Waals surface area contributed by atoms with Crippen molar-refractivity contribution in [3.8, 4) is 11.8 Å². The summed E-state index contributed by atoms with van der Waals surface area (Å²) in [4.78, 5) is 0. The Morgan fingerprint density at radius 1 is 1.53 bits per heavy atom. The van der Waals surface area contributed by atoms with Crippen LogP contribution in [0.1, 0.15) is 41.0 Å². The molecule has 0 saturated heterocycles. The van der Waals surface area contributed by atoms with E-state index in [2.05, 4.69) is 52.2 Å². The highest BCUT2D eigenvalue weighted by Gasteiger charge is 2.36. The normalized spacial score (nSPS) is 28.7. The Morgan fingerprint density at radius 2 is 2.13 bits per heavy atom. The molecule has 1 rings (SSSR count). The summed E-state index contributed by atoms with van der Waals surface area (Å²) in [6, 6.07) is 0. The minimum atomic E-state index is 0.279. The van der Waals surface area contributed by atoms with E-state index in [0.717, 1.165) is 5.57 Å². The van der Waals surface area contributed by atoms with Gasteiger partial charge in [-0.1, -0.05) is 50.8 Å². The average molecular weight is 202 g/mol. The van der Waals surface area contributed by atoms with Gasteiger partial charge in [0, 0.05) is 5.92 Å². The summed E-state index contributed by atoms with van der Waals surface area (Å²) in [5, 5.41) is 0. The van der Waals surface area contributed by atoms with Gasteiger partial charge in [0.25, 0.3) is 0 Å². The molecule has 1 aliphatic carbocycles. The minimum absolute atomic E-state index is 0.279. The lowest BCUT2D eigenvalue weighted by Crippen LogP contribution is -2.33. The molecule has 0 aliphatic heterocycles. The van der Waals surface area contributed by atoms with Crippen LogP contribution in [0.15, 0.2) is 23.8 Å². The molecule has 0 amide bonds. The molecule has 2 unspecified atom stereocenters. The Bertz CT molecular complexity index is 344. The van der Waals surface area contributed by atoms with Crippen LogP contribution in [-0.2, 0) is 0 Å². The monoisotopic (exact) mass is 202 g/mol. The first kappa shape index (κ1) is 12.1. The van der Waals surface area contributed by atoms with Crippen LogP contribution in [0.4, 0.5) is 0 Å². The molecule has 0 nitrogen and oxygen atoms in total. The van der Waals surface area contributed by atoms with Crippen LogP contribution in [0, 0.1) is 29.1 Å². The van der Waals surface area contributed by atoms with E-state index in [1.54, 1.807) is 0 Å². The van der Waals surface area contributed by atoms with Crippen molar-refractivity contribution in [2.45, 2.75) is 41.0 Å². The number of hydrogen-bond acceptors (Lipinski definition) is 0. The molecule has 15 heavy (non-hydrogen) atoms. The van der Waals surface area contributed by atoms with Gasteiger partial charge in [0.15, 0.2) is 0 Å². The smallest absolute Gasteiger partial charge is 0.0466 e. The van der Waals surface area contributed by atoms with Gasteiger partial charge in [0.2, 0.25) is 0 Å². The second kappa shape index (κ2) is 4.27. The molecule has 0 aromatic rings. The lowest BCUT2D eigenvalue weighted by molar-refractivity contribution is 0.174. The molecular formula is C15H22. The maximum Gasteiger partial charge on any atom is 0.0466 e. The number of hydrogen-bond donors (Lipinski definition) is 0. The quantitative estimate of drug-likeness (QED) is 0.408. The third-order valence-electron chi connectivity index (χ3n) is 3.69. The van der Waals surface area contributed by atoms with Crippen molar-refractivity contribution in [1.82, 2.24) is 0 Å². The van der Waals surface area contributed by atoms with Crippen LogP contribution < -0.4 is 0 Å². The number of rotatable bonds is 0. The van der Waals surface area contributed by atoms with Crippen LogP contribution in [-0.4, -0.2) is 0 Å². The lowest BCUT2D eigenvalue weighted by atomic mass is 9.63. The summed E-state index contributed by atoms with van der Waals surface area (Å²) in [6.07, 6.45) is 3.53. The first-order chi connectivity index (χ1) is 6.85. The summed E-state index contributed by atoms with van der Waals surface area (Å²) >= 11 is 0. The Balaban J connectivity index is 3.03. The molecule has 0 saturated carbocycles. The molecule has 0 aromatic carbocycles. The van der Waals surface area contributed by atoms with Crippen molar-refractivity contribution >= 4 is 0 Å². The third-order valence-corrected chi connectivity index (χ3v) is 3.69. The topological polar surface area (TPSA) is 0 Å². The molecule has 0 heteroatoms. The molecule has 0 heterocycles. The van der Waals surface area contributed by atoms with E-state index in [0.29, 0.717) is 11.8 Å². The second-order valence-corrected chi connectivity index (χ2v) is 5.39. The summed E-state index contributed by atoms with van der Waals surface area (Å²) in [5.74, 6) is 7.60. The molecule has 0 radical (unpaired) electrons. The van der Waals surface area contributed by atoms with Gasteiger partial charge in [-0.05, 0) is 37.2 Å². The Labute approximate surface area is 94.5 Å². The predicted molar refractivity (Wildman–Crippen MR) is 67.4 cm³/mol. The van der Waals surface area contributed by atoms with Gasteiger partial charge in [-0.3, -0.25) is 0 Å². The molecule has 0 aromatic heterocycles. The molecule has 0 spiro atoms. The van der Waals surface area contributed by atoms with Gasteiger partial charge in [0.05, 0.1) is 0 Å². The Morgan fingerprint density at radius 3 is 2.67 bits per heavy atom. The van der Waals surface area contributed by atoms with E-state index in [4.69, 9.17) is 0 Å². The van der Waals surface area contributed by atoms with Crippen molar-refractivity contribution in [2.75, 3.05) is 0 Å². The van der Waals surface area contributed by atoms with Crippen LogP contribution >= 0.6 is 0 Å². The van der Waals surface area contributed by atoms with Gasteiger partial charge < -0.3 is 0 Å². The molecule has 82 valence electrons. The van der Waals surface area contributed by atoms with Gasteiger partial charge in [-0.2, -0.15) is 0 Å². The summed E-state index contributed by atoms with van der Waals surface area (Å²) in [7, 11) is 0. The van der Waals surface area contributed by atoms with E-state index >= 15 is 0 Å². The highest BCUT2D eigenvalue weighted by Crippen LogP contribution is 2.44. The Hall–Kier alpha value is -0.960. The molecule has 0 N–H and O–H groups in total. The first-order valence-corrected chi connectivity index (χ1v) is 5.69.